The molecule has 0 aromatic rings. The maximum Gasteiger partial charge on any atom is 0.0593 e. The Morgan fingerprint density at radius 2 is 2.08 bits per heavy atom. The lowest BCUT2D eigenvalue weighted by atomic mass is 10.2. The highest BCUT2D eigenvalue weighted by Gasteiger charge is 2.06. The second-order valence-electron chi connectivity index (χ2n) is 3.45. The number of ether oxygens (including phenoxy) is 1. The maximum absolute atomic E-state index is 5.36. The van der Waals surface area contributed by atoms with Gasteiger partial charge in [-0.3, -0.25) is 0 Å². The summed E-state index contributed by atoms with van der Waals surface area (Å²) in [7, 11) is 2.16. The first-order valence-electron chi connectivity index (χ1n) is 5.11. The highest BCUT2D eigenvalue weighted by molar-refractivity contribution is 7.80. The summed E-state index contributed by atoms with van der Waals surface area (Å²) in [5.74, 6) is 0.814. The predicted molar refractivity (Wildman–Crippen MR) is 61.7 cm³/mol. The second-order valence-corrected chi connectivity index (χ2v) is 3.90. The molecule has 0 saturated heterocycles. The largest absolute Gasteiger partial charge is 0.379 e. The SMILES string of the molecule is CCCC(C)N(C)CCOCCS. The summed E-state index contributed by atoms with van der Waals surface area (Å²) in [6.45, 7) is 7.10. The van der Waals surface area contributed by atoms with Gasteiger partial charge in [-0.1, -0.05) is 13.3 Å². The predicted octanol–water partition coefficient (Wildman–Crippen LogP) is 2.05. The van der Waals surface area contributed by atoms with Crippen LogP contribution in [0.5, 0.6) is 0 Å². The number of rotatable bonds is 8. The topological polar surface area (TPSA) is 12.5 Å². The van der Waals surface area contributed by atoms with Crippen LogP contribution in [0.4, 0.5) is 0 Å². The van der Waals surface area contributed by atoms with Crippen molar-refractivity contribution in [2.75, 3.05) is 32.6 Å². The molecule has 1 unspecified atom stereocenters. The highest BCUT2D eigenvalue weighted by Crippen LogP contribution is 2.02. The normalized spacial score (nSPS) is 13.6. The summed E-state index contributed by atoms with van der Waals surface area (Å²) in [6, 6.07) is 0.671. The third kappa shape index (κ3) is 7.35. The van der Waals surface area contributed by atoms with Crippen molar-refractivity contribution in [2.24, 2.45) is 0 Å². The van der Waals surface area contributed by atoms with Crippen LogP contribution in [-0.2, 0) is 4.74 Å². The van der Waals surface area contributed by atoms with Crippen molar-refractivity contribution >= 4 is 12.6 Å². The van der Waals surface area contributed by atoms with Gasteiger partial charge in [0, 0.05) is 18.3 Å². The molecule has 0 aliphatic heterocycles. The van der Waals surface area contributed by atoms with Crippen LogP contribution < -0.4 is 0 Å². The third-order valence-corrected chi connectivity index (χ3v) is 2.47. The van der Waals surface area contributed by atoms with Crippen LogP contribution in [0.3, 0.4) is 0 Å². The van der Waals surface area contributed by atoms with Crippen molar-refractivity contribution in [1.82, 2.24) is 4.90 Å². The Bertz CT molecular complexity index is 111. The Morgan fingerprint density at radius 1 is 1.38 bits per heavy atom. The molecular formula is C10H23NOS. The van der Waals surface area contributed by atoms with E-state index in [-0.39, 0.29) is 0 Å². The van der Waals surface area contributed by atoms with E-state index < -0.39 is 0 Å². The number of likely N-dealkylation sites (N-methyl/N-ethyl adjacent to an activating group) is 1. The van der Waals surface area contributed by atoms with E-state index in [0.717, 1.165) is 25.5 Å². The number of nitrogens with zero attached hydrogens (tertiary/aromatic N) is 1. The average molecular weight is 205 g/mol. The van der Waals surface area contributed by atoms with Crippen LogP contribution in [0, 0.1) is 0 Å². The summed E-state index contributed by atoms with van der Waals surface area (Å²) in [5.41, 5.74) is 0. The van der Waals surface area contributed by atoms with E-state index in [2.05, 4.69) is 38.4 Å². The molecule has 0 aromatic heterocycles. The zero-order chi connectivity index (χ0) is 10.1. The first-order valence-corrected chi connectivity index (χ1v) is 5.74. The summed E-state index contributed by atoms with van der Waals surface area (Å²) < 4.78 is 5.36. The quantitative estimate of drug-likeness (QED) is 0.481. The first-order chi connectivity index (χ1) is 6.22. The van der Waals surface area contributed by atoms with Crippen LogP contribution in [0.2, 0.25) is 0 Å². The van der Waals surface area contributed by atoms with Crippen LogP contribution >= 0.6 is 12.6 Å². The molecule has 0 aliphatic rings. The third-order valence-electron chi connectivity index (χ3n) is 2.28. The molecule has 0 heterocycles. The molecule has 0 N–H and O–H groups in total. The summed E-state index contributed by atoms with van der Waals surface area (Å²) in [4.78, 5) is 2.35. The molecule has 13 heavy (non-hydrogen) atoms. The minimum atomic E-state index is 0.671. The lowest BCUT2D eigenvalue weighted by molar-refractivity contribution is 0.110. The fourth-order valence-corrected chi connectivity index (χ4v) is 1.36. The molecule has 0 amide bonds. The minimum Gasteiger partial charge on any atom is -0.379 e. The zero-order valence-electron chi connectivity index (χ0n) is 9.12. The van der Waals surface area contributed by atoms with Gasteiger partial charge in [0.15, 0.2) is 0 Å². The molecule has 1 atom stereocenters. The van der Waals surface area contributed by atoms with Crippen molar-refractivity contribution in [1.29, 1.82) is 0 Å². The first kappa shape index (κ1) is 13.3. The van der Waals surface area contributed by atoms with E-state index in [1.54, 1.807) is 0 Å². The molecule has 0 radical (unpaired) electrons. The van der Waals surface area contributed by atoms with E-state index in [1.807, 2.05) is 0 Å². The molecule has 3 heteroatoms. The monoisotopic (exact) mass is 205 g/mol. The van der Waals surface area contributed by atoms with Crippen LogP contribution in [0.1, 0.15) is 26.7 Å². The Morgan fingerprint density at radius 3 is 2.62 bits per heavy atom. The molecule has 2 nitrogen and oxygen atoms in total. The molecule has 0 bridgehead atoms. The van der Waals surface area contributed by atoms with Gasteiger partial charge in [-0.05, 0) is 20.4 Å². The van der Waals surface area contributed by atoms with Gasteiger partial charge in [0.25, 0.3) is 0 Å². The zero-order valence-corrected chi connectivity index (χ0v) is 10.0. The fraction of sp³-hybridized carbons (Fsp3) is 1.00. The van der Waals surface area contributed by atoms with Crippen molar-refractivity contribution in [2.45, 2.75) is 32.7 Å². The highest BCUT2D eigenvalue weighted by atomic mass is 32.1. The van der Waals surface area contributed by atoms with E-state index in [1.165, 1.54) is 12.8 Å². The number of hydrogen-bond acceptors (Lipinski definition) is 3. The van der Waals surface area contributed by atoms with Gasteiger partial charge < -0.3 is 9.64 Å². The maximum atomic E-state index is 5.36. The minimum absolute atomic E-state index is 0.671. The van der Waals surface area contributed by atoms with Gasteiger partial charge in [0.1, 0.15) is 0 Å². The smallest absolute Gasteiger partial charge is 0.0593 e. The van der Waals surface area contributed by atoms with Crippen LogP contribution in [-0.4, -0.2) is 43.5 Å². The Labute approximate surface area is 88.1 Å². The van der Waals surface area contributed by atoms with Gasteiger partial charge >= 0.3 is 0 Å². The number of thiol groups is 1. The summed E-state index contributed by atoms with van der Waals surface area (Å²) in [5, 5.41) is 0. The van der Waals surface area contributed by atoms with Gasteiger partial charge in [0.05, 0.1) is 13.2 Å². The molecular weight excluding hydrogens is 182 g/mol. The summed E-state index contributed by atoms with van der Waals surface area (Å²) in [6.07, 6.45) is 2.52. The van der Waals surface area contributed by atoms with Gasteiger partial charge in [-0.15, -0.1) is 0 Å². The molecule has 0 spiro atoms. The molecule has 0 aromatic carbocycles. The van der Waals surface area contributed by atoms with Gasteiger partial charge in [-0.25, -0.2) is 0 Å². The summed E-state index contributed by atoms with van der Waals surface area (Å²) >= 11 is 4.08. The van der Waals surface area contributed by atoms with Crippen molar-refractivity contribution in [3.05, 3.63) is 0 Å². The van der Waals surface area contributed by atoms with Gasteiger partial charge in [0.2, 0.25) is 0 Å². The van der Waals surface area contributed by atoms with Crippen LogP contribution in [0.15, 0.2) is 0 Å². The molecule has 0 saturated carbocycles. The van der Waals surface area contributed by atoms with E-state index in [4.69, 9.17) is 4.74 Å². The standard InChI is InChI=1S/C10H23NOS/c1-4-5-10(2)11(3)6-7-12-8-9-13/h10,13H,4-9H2,1-3H3. The Hall–Kier alpha value is 0.270. The van der Waals surface area contributed by atoms with Crippen LogP contribution in [0.25, 0.3) is 0 Å². The molecule has 0 aliphatic carbocycles. The molecule has 0 rings (SSSR count). The lowest BCUT2D eigenvalue weighted by Crippen LogP contribution is -2.32. The second kappa shape index (κ2) is 8.85. The van der Waals surface area contributed by atoms with Crippen molar-refractivity contribution in [3.8, 4) is 0 Å². The fourth-order valence-electron chi connectivity index (χ4n) is 1.23. The molecule has 0 fully saturated rings. The van der Waals surface area contributed by atoms with Crippen molar-refractivity contribution in [3.63, 3.8) is 0 Å². The Balaban J connectivity index is 3.32. The van der Waals surface area contributed by atoms with E-state index >= 15 is 0 Å². The van der Waals surface area contributed by atoms with Gasteiger partial charge in [-0.2, -0.15) is 12.6 Å². The van der Waals surface area contributed by atoms with Crippen molar-refractivity contribution < 1.29 is 4.74 Å². The Kier molecular flexibility index (Phi) is 9.03. The van der Waals surface area contributed by atoms with E-state index in [0.29, 0.717) is 6.04 Å². The molecule has 80 valence electrons. The number of hydrogen-bond donors (Lipinski definition) is 1. The lowest BCUT2D eigenvalue weighted by Gasteiger charge is -2.23. The van der Waals surface area contributed by atoms with E-state index in [9.17, 15) is 0 Å². The average Bonchev–Trinajstić information content (AvgIpc) is 2.12.